The Morgan fingerprint density at radius 1 is 0.292 bits per heavy atom. The van der Waals surface area contributed by atoms with Crippen LogP contribution in [0, 0.1) is 0 Å². The molecule has 6 heterocycles. The average Bonchev–Trinajstić information content (AvgIpc) is 4.24. The Hall–Kier alpha value is -8.43. The Morgan fingerprint density at radius 2 is 0.681 bits per heavy atom. The van der Waals surface area contributed by atoms with Crippen LogP contribution in [0.3, 0.4) is 0 Å². The molecule has 0 saturated carbocycles. The first-order valence-corrected chi connectivity index (χ1v) is 31.0. The van der Waals surface area contributed by atoms with Crippen LogP contribution in [0.5, 0.6) is 0 Å². The van der Waals surface area contributed by atoms with Gasteiger partial charge in [-0.25, -0.2) is 0 Å². The Kier molecular flexibility index (Phi) is 7.26. The van der Waals surface area contributed by atoms with Crippen molar-refractivity contribution in [2.45, 2.75) is 26.2 Å². The van der Waals surface area contributed by atoms with Crippen molar-refractivity contribution in [2.24, 2.45) is 0 Å². The van der Waals surface area contributed by atoms with E-state index in [1.54, 1.807) is 10.4 Å². The van der Waals surface area contributed by atoms with Crippen LogP contribution in [0.1, 0.15) is 0 Å². The molecular formula is C66H42O4Si2. The van der Waals surface area contributed by atoms with Crippen LogP contribution < -0.4 is 20.7 Å². The number of fused-ring (bicyclic) bond motifs is 23. The van der Waals surface area contributed by atoms with Crippen LogP contribution in [0.25, 0.3) is 154 Å². The molecule has 2 aliphatic rings. The van der Waals surface area contributed by atoms with Crippen LogP contribution in [0.4, 0.5) is 0 Å². The summed E-state index contributed by atoms with van der Waals surface area (Å²) >= 11 is 0. The average molecular weight is 955 g/mol. The van der Waals surface area contributed by atoms with E-state index in [1.807, 2.05) is 0 Å². The van der Waals surface area contributed by atoms with Gasteiger partial charge < -0.3 is 17.7 Å². The Labute approximate surface area is 414 Å². The van der Waals surface area contributed by atoms with E-state index in [0.717, 1.165) is 98.9 Å². The molecule has 17 rings (SSSR count). The van der Waals surface area contributed by atoms with Gasteiger partial charge in [0.1, 0.15) is 60.8 Å². The van der Waals surface area contributed by atoms with E-state index in [9.17, 15) is 0 Å². The molecule has 0 unspecified atom stereocenters. The highest BCUT2D eigenvalue weighted by molar-refractivity contribution is 7.13. The summed E-state index contributed by atoms with van der Waals surface area (Å²) < 4.78 is 27.7. The maximum Gasteiger partial charge on any atom is 0.143 e. The highest BCUT2D eigenvalue weighted by atomic mass is 28.3. The number of hydrogen-bond donors (Lipinski definition) is 0. The Morgan fingerprint density at radius 3 is 1.12 bits per heavy atom. The molecule has 0 atom stereocenters. The molecule has 338 valence electrons. The second kappa shape index (κ2) is 13.3. The predicted molar refractivity (Wildman–Crippen MR) is 306 cm³/mol. The van der Waals surface area contributed by atoms with Gasteiger partial charge in [0.15, 0.2) is 0 Å². The van der Waals surface area contributed by atoms with Gasteiger partial charge in [0, 0.05) is 54.2 Å². The van der Waals surface area contributed by atoms with Gasteiger partial charge >= 0.3 is 0 Å². The van der Waals surface area contributed by atoms with Crippen molar-refractivity contribution >= 4 is 146 Å². The molecule has 0 radical (unpaired) electrons. The van der Waals surface area contributed by atoms with E-state index in [4.69, 9.17) is 17.7 Å². The standard InChI is InChI=1S/C66H42O4Si2/c1-71(2)57-33-47(39-21-23-41-49-27-35-13-5-7-15-37(35)29-55(49)67-53(41)31-39)59-43-17-9-11-19-51(43)69-63(59)61(57)45-25-26-46-62-58(72(3,4)66(46)65(45)71)34-48(60-44-18-10-12-20-52(44)70-64(60)62)40-22-24-42-50-28-36-14-6-8-16-38(36)30-56(50)68-54(42)32-40/h5-34H,1-4H3. The molecule has 2 aliphatic heterocycles. The molecule has 15 aromatic rings. The van der Waals surface area contributed by atoms with Crippen molar-refractivity contribution in [3.05, 3.63) is 182 Å². The third-order valence-corrected chi connectivity index (χ3v) is 24.2. The van der Waals surface area contributed by atoms with Crippen LogP contribution in [-0.4, -0.2) is 16.1 Å². The maximum atomic E-state index is 7.13. The van der Waals surface area contributed by atoms with Gasteiger partial charge in [0.05, 0.1) is 0 Å². The van der Waals surface area contributed by atoms with Gasteiger partial charge in [-0.1, -0.05) is 148 Å². The number of benzene rings is 11. The fourth-order valence-corrected chi connectivity index (χ4v) is 22.1. The molecule has 0 amide bonds. The molecule has 0 fully saturated rings. The molecule has 6 heteroatoms. The molecule has 4 nitrogen and oxygen atoms in total. The van der Waals surface area contributed by atoms with E-state index in [0.29, 0.717) is 0 Å². The monoisotopic (exact) mass is 954 g/mol. The molecule has 11 aromatic carbocycles. The minimum Gasteiger partial charge on any atom is -0.456 e. The second-order valence-corrected chi connectivity index (χ2v) is 30.1. The first kappa shape index (κ1) is 39.3. The van der Waals surface area contributed by atoms with Crippen molar-refractivity contribution in [2.75, 3.05) is 0 Å². The lowest BCUT2D eigenvalue weighted by Crippen LogP contribution is -2.63. The van der Waals surface area contributed by atoms with E-state index >= 15 is 0 Å². The number of hydrogen-bond acceptors (Lipinski definition) is 4. The quantitative estimate of drug-likeness (QED) is 0.162. The summed E-state index contributed by atoms with van der Waals surface area (Å²) in [6.45, 7) is 10.3. The van der Waals surface area contributed by atoms with Crippen molar-refractivity contribution in [1.82, 2.24) is 0 Å². The smallest absolute Gasteiger partial charge is 0.143 e. The van der Waals surface area contributed by atoms with E-state index in [1.165, 1.54) is 65.3 Å². The Bertz CT molecular complexity index is 4680. The molecule has 4 aromatic heterocycles. The fourth-order valence-electron chi connectivity index (χ4n) is 13.6. The largest absolute Gasteiger partial charge is 0.456 e. The van der Waals surface area contributed by atoms with E-state index in [2.05, 4.69) is 208 Å². The first-order valence-electron chi connectivity index (χ1n) is 25.0. The summed E-state index contributed by atoms with van der Waals surface area (Å²) in [5.74, 6) is 0. The minimum atomic E-state index is -2.44. The fraction of sp³-hybridized carbons (Fsp3) is 0.0606. The van der Waals surface area contributed by atoms with Gasteiger partial charge in [-0.3, -0.25) is 0 Å². The van der Waals surface area contributed by atoms with Gasteiger partial charge in [0.2, 0.25) is 0 Å². The first-order chi connectivity index (χ1) is 35.2. The number of rotatable bonds is 2. The van der Waals surface area contributed by atoms with E-state index < -0.39 is 16.1 Å². The number of furan rings is 4. The normalized spacial score (nSPS) is 14.6. The second-order valence-electron chi connectivity index (χ2n) is 21.5. The third-order valence-electron chi connectivity index (χ3n) is 16.9. The van der Waals surface area contributed by atoms with Crippen molar-refractivity contribution in [1.29, 1.82) is 0 Å². The highest BCUT2D eigenvalue weighted by Crippen LogP contribution is 2.49. The molecular weight excluding hydrogens is 913 g/mol. The van der Waals surface area contributed by atoms with Crippen LogP contribution in [-0.2, 0) is 0 Å². The van der Waals surface area contributed by atoms with E-state index in [-0.39, 0.29) is 0 Å². The van der Waals surface area contributed by atoms with Crippen LogP contribution in [0.2, 0.25) is 26.2 Å². The SMILES string of the molecule is C[Si]1(C)c2cc(-c3ccc4c(c3)oc3cc5ccccc5cc34)c3c(oc4ccccc43)c2-c2ccc3c(c21)[Si](C)(C)c1cc(-c2ccc4c(c2)oc2cc5ccccc5cc24)c2c(oc4ccccc42)c1-3. The lowest BCUT2D eigenvalue weighted by atomic mass is 9.92. The zero-order valence-electron chi connectivity index (χ0n) is 40.0. The molecule has 0 bridgehead atoms. The summed E-state index contributed by atoms with van der Waals surface area (Å²) in [4.78, 5) is 0. The molecule has 0 aliphatic carbocycles. The summed E-state index contributed by atoms with van der Waals surface area (Å²) in [5, 5.41) is 19.8. The summed E-state index contributed by atoms with van der Waals surface area (Å²) in [5.41, 5.74) is 17.2. The molecule has 0 spiro atoms. The number of para-hydroxylation sites is 2. The molecule has 0 N–H and O–H groups in total. The minimum absolute atomic E-state index is 0.893. The molecule has 72 heavy (non-hydrogen) atoms. The van der Waals surface area contributed by atoms with Gasteiger partial charge in [-0.05, 0) is 136 Å². The van der Waals surface area contributed by atoms with Gasteiger partial charge in [0.25, 0.3) is 0 Å². The highest BCUT2D eigenvalue weighted by Gasteiger charge is 2.50. The topological polar surface area (TPSA) is 52.6 Å². The predicted octanol–water partition coefficient (Wildman–Crippen LogP) is 16.5. The summed E-state index contributed by atoms with van der Waals surface area (Å²) in [7, 11) is -4.88. The lowest BCUT2D eigenvalue weighted by Gasteiger charge is -2.28. The molecule has 0 saturated heterocycles. The van der Waals surface area contributed by atoms with Crippen LogP contribution in [0.15, 0.2) is 200 Å². The van der Waals surface area contributed by atoms with Crippen molar-refractivity contribution in [3.8, 4) is 44.5 Å². The zero-order chi connectivity index (χ0) is 47.5. The van der Waals surface area contributed by atoms with Crippen molar-refractivity contribution in [3.63, 3.8) is 0 Å². The van der Waals surface area contributed by atoms with Crippen molar-refractivity contribution < 1.29 is 17.7 Å². The summed E-state index contributed by atoms with van der Waals surface area (Å²) in [6, 6.07) is 66.6. The van der Waals surface area contributed by atoms with Gasteiger partial charge in [-0.2, -0.15) is 0 Å². The third kappa shape index (κ3) is 4.91. The summed E-state index contributed by atoms with van der Waals surface area (Å²) in [6.07, 6.45) is 0. The van der Waals surface area contributed by atoms with Crippen LogP contribution >= 0.6 is 0 Å². The zero-order valence-corrected chi connectivity index (χ0v) is 42.0. The lowest BCUT2D eigenvalue weighted by molar-refractivity contribution is 0.669. The maximum absolute atomic E-state index is 7.13. The van der Waals surface area contributed by atoms with Gasteiger partial charge in [-0.15, -0.1) is 0 Å². The Balaban J connectivity index is 0.882.